The molecule has 25 heavy (non-hydrogen) atoms. The molecule has 7 heteroatoms. The van der Waals surface area contributed by atoms with E-state index in [2.05, 4.69) is 25.3 Å². The largest absolute Gasteiger partial charge is 0.488 e. The van der Waals surface area contributed by atoms with Crippen LogP contribution in [-0.4, -0.2) is 32.1 Å². The fraction of sp³-hybridized carbons (Fsp3) is 0.333. The average molecular weight is 336 g/mol. The van der Waals surface area contributed by atoms with Crippen LogP contribution in [-0.2, 0) is 0 Å². The number of benzene rings is 1. The van der Waals surface area contributed by atoms with Crippen molar-refractivity contribution in [3.8, 4) is 5.75 Å². The molecule has 1 saturated carbocycles. The zero-order valence-electron chi connectivity index (χ0n) is 13.8. The molecule has 1 aromatic carbocycles. The lowest BCUT2D eigenvalue weighted by Crippen LogP contribution is -2.31. The Bertz CT molecular complexity index is 849. The first-order valence-electron chi connectivity index (χ1n) is 8.48. The quantitative estimate of drug-likeness (QED) is 0.707. The molecule has 0 aliphatic heterocycles. The minimum Gasteiger partial charge on any atom is -0.488 e. The number of nitrogens with two attached hydrogens (primary N) is 1. The molecule has 3 aromatic rings. The lowest BCUT2D eigenvalue weighted by atomic mass is 9.93. The summed E-state index contributed by atoms with van der Waals surface area (Å²) in [6.45, 7) is 0. The standard InChI is InChI=1S/C18H20N6O/c19-12-10-15-17(21-9-8-20-15)16(11-12)25-14-4-2-13(3-5-14)24-18-22-6-1-7-23-18/h1,6-11,13-14H,2-5,19H2,(H,22,23,24). The van der Waals surface area contributed by atoms with Gasteiger partial charge >= 0.3 is 0 Å². The molecule has 0 spiro atoms. The van der Waals surface area contributed by atoms with Gasteiger partial charge in [0.2, 0.25) is 5.95 Å². The second kappa shape index (κ2) is 6.88. The first-order chi connectivity index (χ1) is 12.3. The van der Waals surface area contributed by atoms with Gasteiger partial charge in [0.15, 0.2) is 0 Å². The third kappa shape index (κ3) is 3.60. The van der Waals surface area contributed by atoms with Gasteiger partial charge in [-0.15, -0.1) is 0 Å². The van der Waals surface area contributed by atoms with E-state index in [-0.39, 0.29) is 6.10 Å². The molecule has 1 fully saturated rings. The Morgan fingerprint density at radius 1 is 0.920 bits per heavy atom. The highest BCUT2D eigenvalue weighted by molar-refractivity contribution is 5.84. The number of ether oxygens (including phenoxy) is 1. The number of nitrogens with zero attached hydrogens (tertiary/aromatic N) is 4. The van der Waals surface area contributed by atoms with Gasteiger partial charge in [0.25, 0.3) is 0 Å². The van der Waals surface area contributed by atoms with Crippen molar-refractivity contribution >= 4 is 22.7 Å². The maximum Gasteiger partial charge on any atom is 0.222 e. The molecule has 7 nitrogen and oxygen atoms in total. The second-order valence-corrected chi connectivity index (χ2v) is 6.25. The first kappa shape index (κ1) is 15.6. The first-order valence-corrected chi connectivity index (χ1v) is 8.48. The van der Waals surface area contributed by atoms with E-state index in [0.29, 0.717) is 23.4 Å². The molecule has 0 atom stereocenters. The molecule has 2 heterocycles. The number of aromatic nitrogens is 4. The molecule has 0 radical (unpaired) electrons. The third-order valence-corrected chi connectivity index (χ3v) is 4.43. The number of fused-ring (bicyclic) bond motifs is 1. The topological polar surface area (TPSA) is 98.8 Å². The summed E-state index contributed by atoms with van der Waals surface area (Å²) in [6, 6.07) is 5.84. The second-order valence-electron chi connectivity index (χ2n) is 6.25. The van der Waals surface area contributed by atoms with Crippen LogP contribution in [0.4, 0.5) is 11.6 Å². The van der Waals surface area contributed by atoms with Crippen molar-refractivity contribution in [2.24, 2.45) is 0 Å². The van der Waals surface area contributed by atoms with Crippen LogP contribution in [0.1, 0.15) is 25.7 Å². The number of rotatable bonds is 4. The molecule has 0 saturated heterocycles. The smallest absolute Gasteiger partial charge is 0.222 e. The van der Waals surface area contributed by atoms with E-state index in [1.807, 2.05) is 18.2 Å². The van der Waals surface area contributed by atoms with Crippen molar-refractivity contribution in [2.45, 2.75) is 37.8 Å². The maximum atomic E-state index is 6.21. The van der Waals surface area contributed by atoms with Crippen molar-refractivity contribution in [2.75, 3.05) is 11.1 Å². The predicted octanol–water partition coefficient (Wildman–Crippen LogP) is 2.80. The average Bonchev–Trinajstić information content (AvgIpc) is 2.64. The Morgan fingerprint density at radius 3 is 2.48 bits per heavy atom. The van der Waals surface area contributed by atoms with Gasteiger partial charge < -0.3 is 15.8 Å². The molecule has 128 valence electrons. The summed E-state index contributed by atoms with van der Waals surface area (Å²) in [7, 11) is 0. The van der Waals surface area contributed by atoms with Crippen molar-refractivity contribution in [3.63, 3.8) is 0 Å². The summed E-state index contributed by atoms with van der Waals surface area (Å²) in [5, 5.41) is 3.38. The summed E-state index contributed by atoms with van der Waals surface area (Å²) in [6.07, 6.45) is 10.9. The molecule has 3 N–H and O–H groups in total. The lowest BCUT2D eigenvalue weighted by Gasteiger charge is -2.29. The third-order valence-electron chi connectivity index (χ3n) is 4.43. The van der Waals surface area contributed by atoms with Crippen LogP contribution in [0, 0.1) is 0 Å². The minimum absolute atomic E-state index is 0.154. The van der Waals surface area contributed by atoms with Crippen LogP contribution < -0.4 is 15.8 Å². The fourth-order valence-corrected chi connectivity index (χ4v) is 3.21. The highest BCUT2D eigenvalue weighted by Gasteiger charge is 2.23. The van der Waals surface area contributed by atoms with Crippen LogP contribution in [0.3, 0.4) is 0 Å². The minimum atomic E-state index is 0.154. The Labute approximate surface area is 145 Å². The highest BCUT2D eigenvalue weighted by atomic mass is 16.5. The zero-order valence-corrected chi connectivity index (χ0v) is 13.8. The Morgan fingerprint density at radius 2 is 1.68 bits per heavy atom. The van der Waals surface area contributed by atoms with Gasteiger partial charge in [-0.05, 0) is 37.8 Å². The van der Waals surface area contributed by atoms with E-state index < -0.39 is 0 Å². The molecular weight excluding hydrogens is 316 g/mol. The summed E-state index contributed by atoms with van der Waals surface area (Å²) in [5.41, 5.74) is 8.12. The number of hydrogen-bond acceptors (Lipinski definition) is 7. The van der Waals surface area contributed by atoms with E-state index in [1.54, 1.807) is 24.8 Å². The number of nitrogens with one attached hydrogen (secondary N) is 1. The fourth-order valence-electron chi connectivity index (χ4n) is 3.21. The normalized spacial score (nSPS) is 20.3. The Hall–Kier alpha value is -2.96. The number of anilines is 2. The summed E-state index contributed by atoms with van der Waals surface area (Å²) < 4.78 is 6.21. The van der Waals surface area contributed by atoms with Crippen molar-refractivity contribution in [3.05, 3.63) is 43.0 Å². The van der Waals surface area contributed by atoms with Crippen molar-refractivity contribution in [1.29, 1.82) is 0 Å². The molecule has 0 unspecified atom stereocenters. The van der Waals surface area contributed by atoms with E-state index in [1.165, 1.54) is 0 Å². The van der Waals surface area contributed by atoms with Crippen LogP contribution >= 0.6 is 0 Å². The van der Waals surface area contributed by atoms with Gasteiger partial charge in [-0.1, -0.05) is 0 Å². The summed E-state index contributed by atoms with van der Waals surface area (Å²) in [5.74, 6) is 1.40. The van der Waals surface area contributed by atoms with Gasteiger partial charge in [0.1, 0.15) is 11.3 Å². The van der Waals surface area contributed by atoms with Gasteiger partial charge in [0.05, 0.1) is 11.6 Å². The van der Waals surface area contributed by atoms with E-state index >= 15 is 0 Å². The molecule has 2 aromatic heterocycles. The molecule has 1 aliphatic carbocycles. The highest BCUT2D eigenvalue weighted by Crippen LogP contribution is 2.30. The van der Waals surface area contributed by atoms with Gasteiger partial charge in [-0.2, -0.15) is 0 Å². The van der Waals surface area contributed by atoms with Crippen LogP contribution in [0.2, 0.25) is 0 Å². The number of hydrogen-bond donors (Lipinski definition) is 2. The van der Waals surface area contributed by atoms with E-state index in [0.717, 1.165) is 36.7 Å². The van der Waals surface area contributed by atoms with Crippen LogP contribution in [0.5, 0.6) is 5.75 Å². The molecular formula is C18H20N6O. The van der Waals surface area contributed by atoms with Gasteiger partial charge in [-0.3, -0.25) is 4.98 Å². The SMILES string of the molecule is Nc1cc(OC2CCC(Nc3ncccn3)CC2)c2nccnc2c1. The van der Waals surface area contributed by atoms with E-state index in [9.17, 15) is 0 Å². The zero-order chi connectivity index (χ0) is 17.1. The Kier molecular flexibility index (Phi) is 4.28. The van der Waals surface area contributed by atoms with Gasteiger partial charge in [-0.25, -0.2) is 15.0 Å². The van der Waals surface area contributed by atoms with Crippen molar-refractivity contribution in [1.82, 2.24) is 19.9 Å². The van der Waals surface area contributed by atoms with Crippen LogP contribution in [0.15, 0.2) is 43.0 Å². The molecule has 1 aliphatic rings. The van der Waals surface area contributed by atoms with Crippen molar-refractivity contribution < 1.29 is 4.74 Å². The predicted molar refractivity (Wildman–Crippen MR) is 96.3 cm³/mol. The maximum absolute atomic E-state index is 6.21. The van der Waals surface area contributed by atoms with Gasteiger partial charge in [0, 0.05) is 42.6 Å². The monoisotopic (exact) mass is 336 g/mol. The molecule has 4 rings (SSSR count). The summed E-state index contributed by atoms with van der Waals surface area (Å²) >= 11 is 0. The molecule has 0 amide bonds. The Balaban J connectivity index is 1.41. The molecule has 0 bridgehead atoms. The van der Waals surface area contributed by atoms with Crippen LogP contribution in [0.25, 0.3) is 11.0 Å². The van der Waals surface area contributed by atoms with E-state index in [4.69, 9.17) is 10.5 Å². The summed E-state index contributed by atoms with van der Waals surface area (Å²) in [4.78, 5) is 17.1. The lowest BCUT2D eigenvalue weighted by molar-refractivity contribution is 0.152. The number of nitrogen functional groups attached to an aromatic ring is 1.